The maximum absolute atomic E-state index is 11.7. The molecule has 1 N–H and O–H groups in total. The van der Waals surface area contributed by atoms with Crippen LogP contribution in [0, 0.1) is 10.1 Å². The molecular weight excluding hydrogens is 210 g/mol. The normalized spacial score (nSPS) is 16.5. The van der Waals surface area contributed by atoms with E-state index >= 15 is 0 Å². The lowest BCUT2D eigenvalue weighted by Crippen LogP contribution is -2.26. The van der Waals surface area contributed by atoms with Crippen molar-refractivity contribution in [2.45, 2.75) is 12.8 Å². The van der Waals surface area contributed by atoms with E-state index in [9.17, 15) is 14.9 Å². The smallest absolute Gasteiger partial charge is 0.287 e. The largest absolute Gasteiger partial charge is 0.353 e. The molecule has 1 aromatic heterocycles. The van der Waals surface area contributed by atoms with Crippen molar-refractivity contribution in [3.8, 4) is 0 Å². The van der Waals surface area contributed by atoms with Crippen LogP contribution >= 0.6 is 0 Å². The number of nitro groups is 1. The van der Waals surface area contributed by atoms with E-state index in [-0.39, 0.29) is 11.5 Å². The standard InChI is InChI=1S/C10H13N3O3/c14-10(7-12-3-1-2-4-12)9-5-8(6-11-9)13(15)16/h5-6,11H,1-4,7H2. The average molecular weight is 223 g/mol. The minimum atomic E-state index is -0.511. The number of aromatic nitrogens is 1. The summed E-state index contributed by atoms with van der Waals surface area (Å²) >= 11 is 0. The van der Waals surface area contributed by atoms with E-state index in [0.717, 1.165) is 25.9 Å². The number of Topliss-reactive ketones (excluding diaryl/α,β-unsaturated/α-hetero) is 1. The van der Waals surface area contributed by atoms with Gasteiger partial charge in [-0.1, -0.05) is 0 Å². The second-order valence-electron chi connectivity index (χ2n) is 3.94. The highest BCUT2D eigenvalue weighted by Gasteiger charge is 2.19. The zero-order valence-corrected chi connectivity index (χ0v) is 8.81. The predicted octanol–water partition coefficient (Wildman–Crippen LogP) is 1.20. The molecule has 1 aliphatic heterocycles. The van der Waals surface area contributed by atoms with E-state index < -0.39 is 4.92 Å². The van der Waals surface area contributed by atoms with Gasteiger partial charge < -0.3 is 4.98 Å². The number of hydrogen-bond acceptors (Lipinski definition) is 4. The summed E-state index contributed by atoms with van der Waals surface area (Å²) in [5, 5.41) is 10.4. The lowest BCUT2D eigenvalue weighted by molar-refractivity contribution is -0.384. The third-order valence-corrected chi connectivity index (χ3v) is 2.74. The molecule has 0 aliphatic carbocycles. The molecule has 1 fully saturated rings. The molecule has 1 saturated heterocycles. The van der Waals surface area contributed by atoms with Gasteiger partial charge in [-0.2, -0.15) is 0 Å². The van der Waals surface area contributed by atoms with Crippen LogP contribution in [0.2, 0.25) is 0 Å². The summed E-state index contributed by atoms with van der Waals surface area (Å²) in [5.41, 5.74) is 0.253. The highest BCUT2D eigenvalue weighted by molar-refractivity contribution is 5.96. The average Bonchev–Trinajstić information content (AvgIpc) is 2.86. The number of hydrogen-bond donors (Lipinski definition) is 1. The van der Waals surface area contributed by atoms with Crippen LogP contribution in [-0.2, 0) is 0 Å². The van der Waals surface area contributed by atoms with Crippen LogP contribution in [-0.4, -0.2) is 40.2 Å². The van der Waals surface area contributed by atoms with Crippen molar-refractivity contribution in [1.29, 1.82) is 0 Å². The molecule has 0 saturated carbocycles. The van der Waals surface area contributed by atoms with Gasteiger partial charge in [0.05, 0.1) is 23.4 Å². The van der Waals surface area contributed by atoms with Crippen molar-refractivity contribution in [2.75, 3.05) is 19.6 Å². The SMILES string of the molecule is O=C(CN1CCCC1)c1cc([N+](=O)[O-])c[nH]1. The predicted molar refractivity (Wildman–Crippen MR) is 57.5 cm³/mol. The highest BCUT2D eigenvalue weighted by Crippen LogP contribution is 2.14. The van der Waals surface area contributed by atoms with Crippen molar-refractivity contribution in [3.63, 3.8) is 0 Å². The van der Waals surface area contributed by atoms with Gasteiger partial charge in [-0.25, -0.2) is 0 Å². The maximum Gasteiger partial charge on any atom is 0.287 e. The highest BCUT2D eigenvalue weighted by atomic mass is 16.6. The molecule has 0 atom stereocenters. The lowest BCUT2D eigenvalue weighted by Gasteiger charge is -2.11. The molecule has 1 aromatic rings. The minimum absolute atomic E-state index is 0.0650. The molecule has 0 unspecified atom stereocenters. The Morgan fingerprint density at radius 1 is 1.50 bits per heavy atom. The zero-order valence-electron chi connectivity index (χ0n) is 8.81. The molecule has 0 bridgehead atoms. The van der Waals surface area contributed by atoms with Gasteiger partial charge in [0, 0.05) is 6.07 Å². The van der Waals surface area contributed by atoms with Crippen LogP contribution in [0.3, 0.4) is 0 Å². The van der Waals surface area contributed by atoms with Crippen molar-refractivity contribution in [2.24, 2.45) is 0 Å². The third kappa shape index (κ3) is 2.27. The van der Waals surface area contributed by atoms with Crippen molar-refractivity contribution in [3.05, 3.63) is 28.1 Å². The maximum atomic E-state index is 11.7. The number of carbonyl (C=O) groups excluding carboxylic acids is 1. The summed E-state index contributed by atoms with van der Waals surface area (Å²) in [6, 6.07) is 1.29. The second-order valence-corrected chi connectivity index (χ2v) is 3.94. The number of carbonyl (C=O) groups is 1. The fourth-order valence-corrected chi connectivity index (χ4v) is 1.88. The molecular formula is C10H13N3O3. The van der Waals surface area contributed by atoms with Crippen molar-refractivity contribution in [1.82, 2.24) is 9.88 Å². The number of nitrogens with zero attached hydrogens (tertiary/aromatic N) is 2. The monoisotopic (exact) mass is 223 g/mol. The van der Waals surface area contributed by atoms with E-state index in [4.69, 9.17) is 0 Å². The van der Waals surface area contributed by atoms with Crippen LogP contribution < -0.4 is 0 Å². The zero-order chi connectivity index (χ0) is 11.5. The summed E-state index contributed by atoms with van der Waals surface area (Å²) < 4.78 is 0. The fourth-order valence-electron chi connectivity index (χ4n) is 1.88. The van der Waals surface area contributed by atoms with Crippen molar-refractivity contribution < 1.29 is 9.72 Å². The molecule has 2 heterocycles. The molecule has 0 aromatic carbocycles. The fraction of sp³-hybridized carbons (Fsp3) is 0.500. The molecule has 6 nitrogen and oxygen atoms in total. The van der Waals surface area contributed by atoms with Crippen LogP contribution in [0.5, 0.6) is 0 Å². The Bertz CT molecular complexity index is 407. The molecule has 86 valence electrons. The Morgan fingerprint density at radius 3 is 2.75 bits per heavy atom. The van der Waals surface area contributed by atoms with E-state index in [1.165, 1.54) is 12.3 Å². The summed E-state index contributed by atoms with van der Waals surface area (Å²) in [6.45, 7) is 2.22. The first-order valence-corrected chi connectivity index (χ1v) is 5.25. The molecule has 0 amide bonds. The minimum Gasteiger partial charge on any atom is -0.353 e. The summed E-state index contributed by atoms with van der Waals surface area (Å²) in [5.74, 6) is -0.0880. The summed E-state index contributed by atoms with van der Waals surface area (Å²) in [7, 11) is 0. The van der Waals surface area contributed by atoms with Gasteiger partial charge in [-0.3, -0.25) is 19.8 Å². The van der Waals surface area contributed by atoms with Gasteiger partial charge >= 0.3 is 0 Å². The van der Waals surface area contributed by atoms with E-state index in [1.54, 1.807) is 0 Å². The van der Waals surface area contributed by atoms with Gasteiger partial charge in [0.1, 0.15) is 0 Å². The number of aromatic amines is 1. The number of nitrogens with one attached hydrogen (secondary N) is 1. The Kier molecular flexibility index (Phi) is 3.00. The van der Waals surface area contributed by atoms with E-state index in [0.29, 0.717) is 12.2 Å². The molecule has 6 heteroatoms. The van der Waals surface area contributed by atoms with Gasteiger partial charge in [0.2, 0.25) is 0 Å². The Hall–Kier alpha value is -1.69. The van der Waals surface area contributed by atoms with Gasteiger partial charge in [-0.05, 0) is 25.9 Å². The Morgan fingerprint density at radius 2 is 2.19 bits per heavy atom. The molecule has 16 heavy (non-hydrogen) atoms. The summed E-state index contributed by atoms with van der Waals surface area (Å²) in [6.07, 6.45) is 3.49. The van der Waals surface area contributed by atoms with Crippen LogP contribution in [0.1, 0.15) is 23.3 Å². The van der Waals surface area contributed by atoms with Gasteiger partial charge in [0.15, 0.2) is 5.78 Å². The van der Waals surface area contributed by atoms with Crippen LogP contribution in [0.4, 0.5) is 5.69 Å². The van der Waals surface area contributed by atoms with Crippen molar-refractivity contribution >= 4 is 11.5 Å². The number of H-pyrrole nitrogens is 1. The number of ketones is 1. The van der Waals surface area contributed by atoms with E-state index in [2.05, 4.69) is 9.88 Å². The second kappa shape index (κ2) is 4.44. The quantitative estimate of drug-likeness (QED) is 0.472. The molecule has 0 radical (unpaired) electrons. The Labute approximate surface area is 92.4 Å². The first-order valence-electron chi connectivity index (χ1n) is 5.25. The first kappa shape index (κ1) is 10.8. The Balaban J connectivity index is 1.99. The van der Waals surface area contributed by atoms with Gasteiger partial charge in [0.25, 0.3) is 5.69 Å². The topological polar surface area (TPSA) is 79.2 Å². The first-order chi connectivity index (χ1) is 7.66. The van der Waals surface area contributed by atoms with Crippen LogP contribution in [0.15, 0.2) is 12.3 Å². The van der Waals surface area contributed by atoms with E-state index in [1.807, 2.05) is 0 Å². The number of rotatable bonds is 4. The molecule has 2 rings (SSSR count). The number of likely N-dealkylation sites (tertiary alicyclic amines) is 1. The lowest BCUT2D eigenvalue weighted by atomic mass is 10.2. The third-order valence-electron chi connectivity index (χ3n) is 2.74. The van der Waals surface area contributed by atoms with Crippen LogP contribution in [0.25, 0.3) is 0 Å². The molecule has 1 aliphatic rings. The van der Waals surface area contributed by atoms with Gasteiger partial charge in [-0.15, -0.1) is 0 Å². The summed E-state index contributed by atoms with van der Waals surface area (Å²) in [4.78, 5) is 26.4. The molecule has 0 spiro atoms.